The van der Waals surface area contributed by atoms with Gasteiger partial charge in [0.15, 0.2) is 10.9 Å². The summed E-state index contributed by atoms with van der Waals surface area (Å²) < 4.78 is 16.8. The molecule has 0 aliphatic carbocycles. The molecular weight excluding hydrogens is 376 g/mol. The van der Waals surface area contributed by atoms with Crippen molar-refractivity contribution in [1.29, 1.82) is 0 Å². The van der Waals surface area contributed by atoms with Crippen molar-refractivity contribution >= 4 is 22.4 Å². The summed E-state index contributed by atoms with van der Waals surface area (Å²) in [5, 5.41) is 3.43. The number of carbonyl (C=O) groups is 1. The minimum atomic E-state index is -0.266. The topological polar surface area (TPSA) is 77.5 Å². The van der Waals surface area contributed by atoms with Crippen molar-refractivity contribution in [2.24, 2.45) is 5.92 Å². The highest BCUT2D eigenvalue weighted by molar-refractivity contribution is 7.19. The zero-order chi connectivity index (χ0) is 18.9. The number of aromatic nitrogens is 1. The van der Waals surface area contributed by atoms with E-state index in [2.05, 4.69) is 10.3 Å². The van der Waals surface area contributed by atoms with Crippen molar-refractivity contribution in [3.63, 3.8) is 0 Å². The van der Waals surface area contributed by atoms with E-state index in [0.29, 0.717) is 35.4 Å². The van der Waals surface area contributed by atoms with Gasteiger partial charge in [-0.1, -0.05) is 29.5 Å². The Morgan fingerprint density at radius 3 is 2.61 bits per heavy atom. The number of hydrogen-bond donors (Lipinski definition) is 1. The normalized spacial score (nSPS) is 15.6. The van der Waals surface area contributed by atoms with Crippen LogP contribution in [0.25, 0.3) is 22.1 Å². The highest BCUT2D eigenvalue weighted by Crippen LogP contribution is 2.39. The predicted molar refractivity (Wildman–Crippen MR) is 105 cm³/mol. The fraction of sp³-hybridized carbons (Fsp3) is 0.143. The maximum absolute atomic E-state index is 12.8. The molecule has 3 aromatic heterocycles. The third-order valence-electron chi connectivity index (χ3n) is 4.61. The number of anilines is 1. The molecule has 0 fully saturated rings. The molecule has 0 saturated heterocycles. The molecule has 1 aromatic carbocycles. The van der Waals surface area contributed by atoms with Gasteiger partial charge in [-0.3, -0.25) is 4.79 Å². The zero-order valence-corrected chi connectivity index (χ0v) is 15.6. The van der Waals surface area contributed by atoms with Crippen LogP contribution in [0, 0.1) is 5.92 Å². The van der Waals surface area contributed by atoms with Crippen LogP contribution in [0.3, 0.4) is 0 Å². The van der Waals surface area contributed by atoms with E-state index in [1.54, 1.807) is 18.6 Å². The lowest BCUT2D eigenvalue weighted by Crippen LogP contribution is -2.32. The number of carbonyl (C=O) groups excluding carboxylic acids is 1. The monoisotopic (exact) mass is 392 g/mol. The molecule has 1 atom stereocenters. The molecule has 28 heavy (non-hydrogen) atoms. The molecule has 0 bridgehead atoms. The van der Waals surface area contributed by atoms with Crippen molar-refractivity contribution < 1.29 is 18.4 Å². The molecule has 0 radical (unpaired) electrons. The van der Waals surface area contributed by atoms with Crippen LogP contribution in [-0.4, -0.2) is 17.5 Å². The molecule has 1 aliphatic heterocycles. The lowest BCUT2D eigenvalue weighted by atomic mass is 9.96. The Kier molecular flexibility index (Phi) is 4.21. The number of ether oxygens (including phenoxy) is 1. The van der Waals surface area contributed by atoms with Crippen LogP contribution in [-0.2, 0) is 11.2 Å². The van der Waals surface area contributed by atoms with E-state index < -0.39 is 0 Å². The largest absolute Gasteiger partial charge is 0.492 e. The maximum atomic E-state index is 12.8. The first kappa shape index (κ1) is 16.8. The lowest BCUT2D eigenvalue weighted by molar-refractivity contribution is -0.121. The highest BCUT2D eigenvalue weighted by atomic mass is 32.1. The number of hydrogen-bond acceptors (Lipinski definition) is 6. The van der Waals surface area contributed by atoms with E-state index in [0.717, 1.165) is 16.2 Å². The van der Waals surface area contributed by atoms with Gasteiger partial charge < -0.3 is 18.9 Å². The Morgan fingerprint density at radius 2 is 1.82 bits per heavy atom. The average Bonchev–Trinajstić information content (AvgIpc) is 3.47. The average molecular weight is 392 g/mol. The van der Waals surface area contributed by atoms with Gasteiger partial charge in [-0.15, -0.1) is 0 Å². The van der Waals surface area contributed by atoms with E-state index in [9.17, 15) is 4.79 Å². The number of nitrogens with zero attached hydrogens (tertiary/aromatic N) is 1. The summed E-state index contributed by atoms with van der Waals surface area (Å²) in [5.74, 6) is 1.77. The van der Waals surface area contributed by atoms with E-state index >= 15 is 0 Å². The number of fused-ring (bicyclic) bond motifs is 1. The second-order valence-corrected chi connectivity index (χ2v) is 7.46. The van der Waals surface area contributed by atoms with Crippen molar-refractivity contribution in [3.05, 3.63) is 66.6 Å². The summed E-state index contributed by atoms with van der Waals surface area (Å²) in [6.45, 7) is 0.351. The fourth-order valence-electron chi connectivity index (χ4n) is 3.23. The maximum Gasteiger partial charge on any atom is 0.233 e. The number of nitrogens with one attached hydrogen (secondary N) is 1. The molecule has 0 saturated carbocycles. The number of amides is 1. The van der Waals surface area contributed by atoms with E-state index in [1.807, 2.05) is 42.5 Å². The predicted octanol–water partition coefficient (Wildman–Crippen LogP) is 4.85. The summed E-state index contributed by atoms with van der Waals surface area (Å²) >= 11 is 1.36. The molecule has 0 spiro atoms. The van der Waals surface area contributed by atoms with Crippen LogP contribution in [0.2, 0.25) is 0 Å². The number of furan rings is 2. The lowest BCUT2D eigenvalue weighted by Gasteiger charge is -2.24. The number of benzene rings is 1. The molecule has 1 aliphatic rings. The Morgan fingerprint density at radius 1 is 1.04 bits per heavy atom. The quantitative estimate of drug-likeness (QED) is 0.537. The van der Waals surface area contributed by atoms with Crippen LogP contribution < -0.4 is 10.1 Å². The first-order chi connectivity index (χ1) is 13.8. The van der Waals surface area contributed by atoms with E-state index in [4.69, 9.17) is 13.6 Å². The Labute approximate surface area is 164 Å². The molecule has 1 unspecified atom stereocenters. The minimum absolute atomic E-state index is 0.111. The van der Waals surface area contributed by atoms with Crippen molar-refractivity contribution in [1.82, 2.24) is 4.98 Å². The highest BCUT2D eigenvalue weighted by Gasteiger charge is 2.27. The van der Waals surface area contributed by atoms with Gasteiger partial charge in [-0.2, -0.15) is 0 Å². The summed E-state index contributed by atoms with van der Waals surface area (Å²) in [6, 6.07) is 15.1. The van der Waals surface area contributed by atoms with Crippen LogP contribution in [0.15, 0.2) is 69.9 Å². The van der Waals surface area contributed by atoms with Gasteiger partial charge in [0, 0.05) is 0 Å². The first-order valence-corrected chi connectivity index (χ1v) is 9.70. The van der Waals surface area contributed by atoms with Gasteiger partial charge in [0.05, 0.1) is 18.4 Å². The second-order valence-electron chi connectivity index (χ2n) is 6.46. The molecule has 1 amide bonds. The second kappa shape index (κ2) is 7.01. The van der Waals surface area contributed by atoms with Crippen molar-refractivity contribution in [3.8, 4) is 27.8 Å². The molecule has 4 heterocycles. The summed E-state index contributed by atoms with van der Waals surface area (Å²) in [4.78, 5) is 18.2. The molecule has 1 N–H and O–H groups in total. The minimum Gasteiger partial charge on any atom is -0.492 e. The third-order valence-corrected chi connectivity index (χ3v) is 5.59. The Balaban J connectivity index is 1.40. The van der Waals surface area contributed by atoms with Crippen LogP contribution in [0.5, 0.6) is 5.75 Å². The standard InChI is InChI=1S/C21H16N2O4S/c24-20(14-11-13-5-1-2-6-15(13)27-12-14)23-21-22-18(16-7-3-9-25-16)19(28-21)17-8-4-10-26-17/h1-10,14H,11-12H2,(H,22,23,24). The van der Waals surface area contributed by atoms with Crippen LogP contribution in [0.4, 0.5) is 5.13 Å². The van der Waals surface area contributed by atoms with E-state index in [-0.39, 0.29) is 11.8 Å². The van der Waals surface area contributed by atoms with Gasteiger partial charge in [-0.25, -0.2) is 4.98 Å². The SMILES string of the molecule is O=C(Nc1nc(-c2ccco2)c(-c2ccco2)s1)C1COc2ccccc2C1. The first-order valence-electron chi connectivity index (χ1n) is 8.88. The van der Waals surface area contributed by atoms with Gasteiger partial charge in [0.2, 0.25) is 5.91 Å². The Bertz CT molecular complexity index is 1050. The molecule has 7 heteroatoms. The number of thiazole rings is 1. The van der Waals surface area contributed by atoms with Crippen molar-refractivity contribution in [2.75, 3.05) is 11.9 Å². The zero-order valence-electron chi connectivity index (χ0n) is 14.8. The third kappa shape index (κ3) is 3.10. The van der Waals surface area contributed by atoms with Gasteiger partial charge in [0.25, 0.3) is 0 Å². The molecule has 6 nitrogen and oxygen atoms in total. The van der Waals surface area contributed by atoms with Gasteiger partial charge in [-0.05, 0) is 42.3 Å². The van der Waals surface area contributed by atoms with Crippen molar-refractivity contribution in [2.45, 2.75) is 6.42 Å². The van der Waals surface area contributed by atoms with Gasteiger partial charge in [0.1, 0.15) is 28.7 Å². The smallest absolute Gasteiger partial charge is 0.233 e. The van der Waals surface area contributed by atoms with Crippen LogP contribution in [0.1, 0.15) is 5.56 Å². The van der Waals surface area contributed by atoms with Gasteiger partial charge >= 0.3 is 0 Å². The van der Waals surface area contributed by atoms with E-state index in [1.165, 1.54) is 11.3 Å². The molecular formula is C21H16N2O4S. The number of rotatable bonds is 4. The summed E-state index contributed by atoms with van der Waals surface area (Å²) in [7, 11) is 0. The Hall–Kier alpha value is -3.32. The fourth-order valence-corrected chi connectivity index (χ4v) is 4.17. The summed E-state index contributed by atoms with van der Waals surface area (Å²) in [5.41, 5.74) is 1.69. The molecule has 140 valence electrons. The van der Waals surface area contributed by atoms with Crippen LogP contribution >= 0.6 is 11.3 Å². The molecule has 5 rings (SSSR count). The summed E-state index contributed by atoms with van der Waals surface area (Å²) in [6.07, 6.45) is 3.84. The number of para-hydroxylation sites is 1. The molecule has 4 aromatic rings.